The highest BCUT2D eigenvalue weighted by Crippen LogP contribution is 2.48. The van der Waals surface area contributed by atoms with Crippen LogP contribution in [0.4, 0.5) is 11.4 Å². The second-order valence-electron chi connectivity index (χ2n) is 7.72. The maximum Gasteiger partial charge on any atom is 0.0991 e. The van der Waals surface area contributed by atoms with E-state index in [4.69, 9.17) is 5.26 Å². The lowest BCUT2D eigenvalue weighted by Gasteiger charge is -2.42. The zero-order chi connectivity index (χ0) is 18.9. The number of hydrogen-bond acceptors (Lipinski definition) is 2. The fourth-order valence-electron chi connectivity index (χ4n) is 4.18. The zero-order valence-corrected chi connectivity index (χ0v) is 15.9. The molecule has 2 nitrogen and oxygen atoms in total. The topological polar surface area (TPSA) is 27.0 Å². The number of nitrogens with zero attached hydrogens (tertiary/aromatic N) is 2. The Labute approximate surface area is 161 Å². The predicted octanol–water partition coefficient (Wildman–Crippen LogP) is 5.97. The summed E-state index contributed by atoms with van der Waals surface area (Å²) in [6.07, 6.45) is 2.07. The second kappa shape index (κ2) is 6.93. The van der Waals surface area contributed by atoms with Gasteiger partial charge in [-0.1, -0.05) is 62.4 Å². The zero-order valence-electron chi connectivity index (χ0n) is 15.9. The van der Waals surface area contributed by atoms with Crippen molar-refractivity contribution in [2.75, 3.05) is 11.4 Å². The van der Waals surface area contributed by atoms with Crippen LogP contribution in [0.5, 0.6) is 0 Å². The Morgan fingerprint density at radius 1 is 0.815 bits per heavy atom. The molecule has 1 aliphatic rings. The Hall–Kier alpha value is -3.05. The average Bonchev–Trinajstić information content (AvgIpc) is 2.71. The molecule has 134 valence electrons. The third kappa shape index (κ3) is 3.11. The van der Waals surface area contributed by atoms with Gasteiger partial charge in [-0.3, -0.25) is 0 Å². The smallest absolute Gasteiger partial charge is 0.0991 e. The van der Waals surface area contributed by atoms with Crippen LogP contribution in [0.1, 0.15) is 42.5 Å². The maximum atomic E-state index is 8.95. The van der Waals surface area contributed by atoms with E-state index in [-0.39, 0.29) is 5.41 Å². The van der Waals surface area contributed by atoms with Crippen molar-refractivity contribution in [2.45, 2.75) is 32.1 Å². The lowest BCUT2D eigenvalue weighted by atomic mass is 9.73. The van der Waals surface area contributed by atoms with Crippen molar-refractivity contribution < 1.29 is 0 Å². The lowest BCUT2D eigenvalue weighted by molar-refractivity contribution is 0.621. The van der Waals surface area contributed by atoms with E-state index >= 15 is 0 Å². The molecule has 4 rings (SSSR count). The third-order valence-corrected chi connectivity index (χ3v) is 5.67. The van der Waals surface area contributed by atoms with Crippen molar-refractivity contribution in [2.24, 2.45) is 0 Å². The minimum absolute atomic E-state index is 0.0107. The highest BCUT2D eigenvalue weighted by atomic mass is 15.1. The van der Waals surface area contributed by atoms with Crippen molar-refractivity contribution in [1.82, 2.24) is 0 Å². The molecule has 0 saturated heterocycles. The van der Waals surface area contributed by atoms with Crippen LogP contribution in [-0.2, 0) is 11.8 Å². The molecular formula is C25H24N2. The van der Waals surface area contributed by atoms with Gasteiger partial charge in [0.15, 0.2) is 0 Å². The molecule has 1 heterocycles. The second-order valence-corrected chi connectivity index (χ2v) is 7.72. The molecule has 3 aromatic carbocycles. The minimum atomic E-state index is 0.0107. The fourth-order valence-corrected chi connectivity index (χ4v) is 4.18. The molecule has 0 radical (unpaired) electrons. The van der Waals surface area contributed by atoms with Gasteiger partial charge < -0.3 is 4.90 Å². The summed E-state index contributed by atoms with van der Waals surface area (Å²) in [6.45, 7) is 5.61. The van der Waals surface area contributed by atoms with Crippen LogP contribution in [0, 0.1) is 11.3 Å². The quantitative estimate of drug-likeness (QED) is 0.578. The Morgan fingerprint density at radius 3 is 1.93 bits per heavy atom. The Kier molecular flexibility index (Phi) is 4.46. The van der Waals surface area contributed by atoms with Crippen LogP contribution >= 0.6 is 0 Å². The molecule has 0 saturated carbocycles. The summed E-state index contributed by atoms with van der Waals surface area (Å²) in [5, 5.41) is 8.95. The summed E-state index contributed by atoms with van der Waals surface area (Å²) in [4.78, 5) is 2.47. The molecule has 27 heavy (non-hydrogen) atoms. The Morgan fingerprint density at radius 2 is 1.37 bits per heavy atom. The molecule has 1 aliphatic heterocycles. The van der Waals surface area contributed by atoms with Crippen molar-refractivity contribution in [3.8, 4) is 6.07 Å². The molecule has 0 spiro atoms. The van der Waals surface area contributed by atoms with Gasteiger partial charge in [-0.05, 0) is 53.8 Å². The number of benzene rings is 3. The highest BCUT2D eigenvalue weighted by molar-refractivity contribution is 5.77. The first-order chi connectivity index (χ1) is 13.1. The van der Waals surface area contributed by atoms with Gasteiger partial charge in [0, 0.05) is 23.3 Å². The van der Waals surface area contributed by atoms with Gasteiger partial charge >= 0.3 is 0 Å². The Balaban J connectivity index is 1.60. The molecule has 0 fully saturated rings. The number of fused-ring (bicyclic) bond motifs is 2. The van der Waals surface area contributed by atoms with Gasteiger partial charge in [0.2, 0.25) is 0 Å². The molecular weight excluding hydrogens is 328 g/mol. The number of para-hydroxylation sites is 2. The van der Waals surface area contributed by atoms with Crippen molar-refractivity contribution in [1.29, 1.82) is 5.26 Å². The van der Waals surface area contributed by atoms with E-state index in [9.17, 15) is 0 Å². The number of hydrogen-bond donors (Lipinski definition) is 0. The molecule has 0 atom stereocenters. The molecule has 2 heteroatoms. The summed E-state index contributed by atoms with van der Waals surface area (Å²) in [5.74, 6) is 0. The molecule has 3 aromatic rings. The molecule has 0 bridgehead atoms. The van der Waals surface area contributed by atoms with E-state index in [1.54, 1.807) is 0 Å². The first-order valence-electron chi connectivity index (χ1n) is 9.57. The standard InChI is InChI=1S/C25H24N2/c1-25(2)21-9-3-5-11-23(21)27(24-12-6-4-10-22(24)25)17-7-8-19-13-15-20(18-26)16-14-19/h3-6,9-16H,7-8,17H2,1-2H3. The van der Waals surface area contributed by atoms with Gasteiger partial charge in [-0.15, -0.1) is 0 Å². The molecule has 0 aliphatic carbocycles. The summed E-state index contributed by atoms with van der Waals surface area (Å²) in [7, 11) is 0. The van der Waals surface area contributed by atoms with Crippen LogP contribution in [0.25, 0.3) is 0 Å². The van der Waals surface area contributed by atoms with Crippen molar-refractivity contribution in [3.05, 3.63) is 95.1 Å². The number of anilines is 2. The van der Waals surface area contributed by atoms with Crippen LogP contribution in [0.2, 0.25) is 0 Å². The van der Waals surface area contributed by atoms with Crippen LogP contribution in [-0.4, -0.2) is 6.54 Å². The van der Waals surface area contributed by atoms with E-state index in [1.165, 1.54) is 28.1 Å². The normalized spacial score (nSPS) is 14.2. The van der Waals surface area contributed by atoms with Gasteiger partial charge in [0.1, 0.15) is 0 Å². The molecule has 0 aromatic heterocycles. The number of aryl methyl sites for hydroxylation is 1. The summed E-state index contributed by atoms with van der Waals surface area (Å²) in [6, 6.07) is 27.7. The van der Waals surface area contributed by atoms with E-state index in [0.717, 1.165) is 24.9 Å². The minimum Gasteiger partial charge on any atom is -0.341 e. The highest BCUT2D eigenvalue weighted by Gasteiger charge is 2.35. The molecule has 0 unspecified atom stereocenters. The number of rotatable bonds is 4. The van der Waals surface area contributed by atoms with Gasteiger partial charge in [0.05, 0.1) is 11.6 Å². The maximum absolute atomic E-state index is 8.95. The van der Waals surface area contributed by atoms with E-state index < -0.39 is 0 Å². The van der Waals surface area contributed by atoms with E-state index in [2.05, 4.69) is 85.5 Å². The SMILES string of the molecule is CC1(C)c2ccccc2N(CCCc2ccc(C#N)cc2)c2ccccc21. The lowest BCUT2D eigenvalue weighted by Crippen LogP contribution is -2.33. The van der Waals surface area contributed by atoms with Gasteiger partial charge in [-0.2, -0.15) is 5.26 Å². The van der Waals surface area contributed by atoms with Gasteiger partial charge in [-0.25, -0.2) is 0 Å². The monoisotopic (exact) mass is 352 g/mol. The molecule has 0 N–H and O–H groups in total. The summed E-state index contributed by atoms with van der Waals surface area (Å²) in [5.41, 5.74) is 7.44. The van der Waals surface area contributed by atoms with Crippen molar-refractivity contribution >= 4 is 11.4 Å². The fraction of sp³-hybridized carbons (Fsp3) is 0.240. The Bertz CT molecular complexity index is 944. The first kappa shape index (κ1) is 17.4. The predicted molar refractivity (Wildman–Crippen MR) is 111 cm³/mol. The summed E-state index contributed by atoms with van der Waals surface area (Å²) < 4.78 is 0. The average molecular weight is 352 g/mol. The van der Waals surface area contributed by atoms with Crippen molar-refractivity contribution in [3.63, 3.8) is 0 Å². The first-order valence-corrected chi connectivity index (χ1v) is 9.57. The third-order valence-electron chi connectivity index (χ3n) is 5.67. The van der Waals surface area contributed by atoms with Crippen LogP contribution in [0.15, 0.2) is 72.8 Å². The van der Waals surface area contributed by atoms with E-state index in [0.29, 0.717) is 0 Å². The summed E-state index contributed by atoms with van der Waals surface area (Å²) >= 11 is 0. The van der Waals surface area contributed by atoms with E-state index in [1.807, 2.05) is 12.1 Å². The van der Waals surface area contributed by atoms with Crippen LogP contribution in [0.3, 0.4) is 0 Å². The van der Waals surface area contributed by atoms with Gasteiger partial charge in [0.25, 0.3) is 0 Å². The molecule has 0 amide bonds. The van der Waals surface area contributed by atoms with Crippen LogP contribution < -0.4 is 4.90 Å². The number of nitriles is 1. The largest absolute Gasteiger partial charge is 0.341 e.